The molecule has 6 nitrogen and oxygen atoms in total. The molecule has 1 aromatic carbocycles. The Labute approximate surface area is 115 Å². The van der Waals surface area contributed by atoms with Crippen molar-refractivity contribution in [2.75, 3.05) is 5.75 Å². The number of aliphatic hydroxyl groups excluding tert-OH is 1. The van der Waals surface area contributed by atoms with E-state index in [4.69, 9.17) is 16.7 Å². The van der Waals surface area contributed by atoms with Gasteiger partial charge in [0.1, 0.15) is 5.69 Å². The third-order valence-electron chi connectivity index (χ3n) is 2.51. The van der Waals surface area contributed by atoms with Crippen molar-refractivity contribution in [3.8, 4) is 0 Å². The Bertz CT molecular complexity index is 652. The molecule has 1 aromatic heterocycles. The molecule has 0 saturated carbocycles. The van der Waals surface area contributed by atoms with Crippen LogP contribution in [-0.2, 0) is 23.0 Å². The molecule has 0 amide bonds. The third-order valence-corrected chi connectivity index (χ3v) is 4.47. The fourth-order valence-electron chi connectivity index (χ4n) is 1.49. The van der Waals surface area contributed by atoms with Gasteiger partial charge in [-0.15, -0.1) is 5.10 Å². The molecule has 102 valence electrons. The minimum absolute atomic E-state index is 0.0944. The van der Waals surface area contributed by atoms with E-state index in [1.165, 1.54) is 35.1 Å². The van der Waals surface area contributed by atoms with Gasteiger partial charge in [-0.3, -0.25) is 4.68 Å². The van der Waals surface area contributed by atoms with Crippen LogP contribution in [0.5, 0.6) is 0 Å². The summed E-state index contributed by atoms with van der Waals surface area (Å²) in [6, 6.07) is 6.01. The van der Waals surface area contributed by atoms with E-state index < -0.39 is 9.84 Å². The summed E-state index contributed by atoms with van der Waals surface area (Å²) in [4.78, 5) is 0.222. The number of aliphatic hydroxyl groups is 1. The van der Waals surface area contributed by atoms with Gasteiger partial charge in [0.2, 0.25) is 0 Å². The molecule has 0 aliphatic rings. The lowest BCUT2D eigenvalue weighted by Gasteiger charge is -2.04. The Balaban J connectivity index is 2.07. The fourth-order valence-corrected chi connectivity index (χ4v) is 2.83. The van der Waals surface area contributed by atoms with Crippen LogP contribution in [0.3, 0.4) is 0 Å². The zero-order valence-electron chi connectivity index (χ0n) is 9.90. The first kappa shape index (κ1) is 14.0. The Morgan fingerprint density at radius 3 is 2.53 bits per heavy atom. The van der Waals surface area contributed by atoms with Crippen molar-refractivity contribution in [2.45, 2.75) is 18.0 Å². The van der Waals surface area contributed by atoms with Crippen LogP contribution in [-0.4, -0.2) is 34.3 Å². The Morgan fingerprint density at radius 2 is 1.95 bits per heavy atom. The van der Waals surface area contributed by atoms with Gasteiger partial charge in [0, 0.05) is 5.02 Å². The monoisotopic (exact) mass is 301 g/mol. The third kappa shape index (κ3) is 3.52. The molecular weight excluding hydrogens is 290 g/mol. The highest BCUT2D eigenvalue weighted by Gasteiger charge is 2.14. The Kier molecular flexibility index (Phi) is 4.18. The minimum Gasteiger partial charge on any atom is -0.390 e. The van der Waals surface area contributed by atoms with E-state index in [0.29, 0.717) is 10.7 Å². The molecule has 0 bridgehead atoms. The van der Waals surface area contributed by atoms with Crippen LogP contribution in [0.4, 0.5) is 0 Å². The largest absolute Gasteiger partial charge is 0.390 e. The number of nitrogens with zero attached hydrogens (tertiary/aromatic N) is 3. The van der Waals surface area contributed by atoms with E-state index in [9.17, 15) is 8.42 Å². The summed E-state index contributed by atoms with van der Waals surface area (Å²) in [5.74, 6) is -0.0944. The average Bonchev–Trinajstić information content (AvgIpc) is 2.85. The lowest BCUT2D eigenvalue weighted by Crippen LogP contribution is -2.13. The van der Waals surface area contributed by atoms with Crippen LogP contribution < -0.4 is 0 Å². The van der Waals surface area contributed by atoms with Gasteiger partial charge in [-0.05, 0) is 24.3 Å². The number of benzene rings is 1. The topological polar surface area (TPSA) is 85.1 Å². The highest BCUT2D eigenvalue weighted by molar-refractivity contribution is 7.91. The first-order valence-corrected chi connectivity index (χ1v) is 7.52. The van der Waals surface area contributed by atoms with Gasteiger partial charge in [-0.25, -0.2) is 8.42 Å². The van der Waals surface area contributed by atoms with Crippen LogP contribution in [0.1, 0.15) is 5.69 Å². The maximum atomic E-state index is 12.0. The summed E-state index contributed by atoms with van der Waals surface area (Å²) in [5, 5.41) is 16.7. The van der Waals surface area contributed by atoms with Gasteiger partial charge in [0.05, 0.1) is 30.0 Å². The maximum Gasteiger partial charge on any atom is 0.180 e. The van der Waals surface area contributed by atoms with Crippen molar-refractivity contribution in [1.29, 1.82) is 0 Å². The van der Waals surface area contributed by atoms with Crippen LogP contribution in [0.2, 0.25) is 5.02 Å². The van der Waals surface area contributed by atoms with Gasteiger partial charge in [0.15, 0.2) is 9.84 Å². The molecular formula is C11H12ClN3O3S. The van der Waals surface area contributed by atoms with E-state index in [0.717, 1.165) is 0 Å². The summed E-state index contributed by atoms with van der Waals surface area (Å²) in [6.07, 6.45) is 1.51. The summed E-state index contributed by atoms with van der Waals surface area (Å²) in [5.41, 5.74) is 0.406. The predicted octanol–water partition coefficient (Wildman–Crippen LogP) is 0.898. The van der Waals surface area contributed by atoms with Crippen LogP contribution in [0.15, 0.2) is 35.4 Å². The second-order valence-corrected chi connectivity index (χ2v) is 6.45. The molecule has 0 aliphatic heterocycles. The summed E-state index contributed by atoms with van der Waals surface area (Å²) < 4.78 is 25.5. The SMILES string of the molecule is O=S(=O)(CCn1cc(CO)nn1)c1ccc(Cl)cc1. The first-order chi connectivity index (χ1) is 9.01. The number of hydrogen-bond donors (Lipinski definition) is 1. The predicted molar refractivity (Wildman–Crippen MR) is 69.4 cm³/mol. The van der Waals surface area contributed by atoms with Crippen molar-refractivity contribution in [3.63, 3.8) is 0 Å². The van der Waals surface area contributed by atoms with Gasteiger partial charge in [0.25, 0.3) is 0 Å². The molecule has 1 heterocycles. The summed E-state index contributed by atoms with van der Waals surface area (Å²) >= 11 is 5.71. The lowest BCUT2D eigenvalue weighted by atomic mass is 10.4. The molecule has 19 heavy (non-hydrogen) atoms. The molecule has 0 unspecified atom stereocenters. The van der Waals surface area contributed by atoms with Gasteiger partial charge >= 0.3 is 0 Å². The number of aryl methyl sites for hydroxylation is 1. The molecule has 0 aliphatic carbocycles. The second kappa shape index (κ2) is 5.68. The molecule has 0 saturated heterocycles. The zero-order chi connectivity index (χ0) is 13.9. The second-order valence-electron chi connectivity index (χ2n) is 3.90. The van der Waals surface area contributed by atoms with Crippen LogP contribution >= 0.6 is 11.6 Å². The van der Waals surface area contributed by atoms with Crippen molar-refractivity contribution < 1.29 is 13.5 Å². The van der Waals surface area contributed by atoms with Crippen molar-refractivity contribution in [2.24, 2.45) is 0 Å². The van der Waals surface area contributed by atoms with Crippen molar-refractivity contribution in [1.82, 2.24) is 15.0 Å². The number of rotatable bonds is 5. The quantitative estimate of drug-likeness (QED) is 0.887. The van der Waals surface area contributed by atoms with E-state index in [2.05, 4.69) is 10.3 Å². The molecule has 0 fully saturated rings. The van der Waals surface area contributed by atoms with Crippen LogP contribution in [0.25, 0.3) is 0 Å². The lowest BCUT2D eigenvalue weighted by molar-refractivity contribution is 0.276. The van der Waals surface area contributed by atoms with E-state index >= 15 is 0 Å². The van der Waals surface area contributed by atoms with E-state index in [-0.39, 0.29) is 23.8 Å². The Hall–Kier alpha value is -1.44. The average molecular weight is 302 g/mol. The minimum atomic E-state index is -3.38. The normalized spacial score (nSPS) is 11.7. The summed E-state index contributed by atoms with van der Waals surface area (Å²) in [6.45, 7) is -0.0398. The smallest absolute Gasteiger partial charge is 0.180 e. The molecule has 2 rings (SSSR count). The van der Waals surface area contributed by atoms with E-state index in [1.54, 1.807) is 0 Å². The van der Waals surface area contributed by atoms with Crippen molar-refractivity contribution >= 4 is 21.4 Å². The molecule has 0 spiro atoms. The van der Waals surface area contributed by atoms with E-state index in [1.807, 2.05) is 0 Å². The summed E-state index contributed by atoms with van der Waals surface area (Å²) in [7, 11) is -3.38. The van der Waals surface area contributed by atoms with Gasteiger partial charge in [-0.1, -0.05) is 16.8 Å². The molecule has 8 heteroatoms. The van der Waals surface area contributed by atoms with Crippen molar-refractivity contribution in [3.05, 3.63) is 41.2 Å². The van der Waals surface area contributed by atoms with Gasteiger partial charge in [-0.2, -0.15) is 0 Å². The van der Waals surface area contributed by atoms with Gasteiger partial charge < -0.3 is 5.11 Å². The molecule has 0 atom stereocenters. The standard InChI is InChI=1S/C11H12ClN3O3S/c12-9-1-3-11(4-2-9)19(17,18)6-5-15-7-10(8-16)13-14-15/h1-4,7,16H,5-6,8H2. The number of aromatic nitrogens is 3. The maximum absolute atomic E-state index is 12.0. The highest BCUT2D eigenvalue weighted by Crippen LogP contribution is 2.15. The zero-order valence-corrected chi connectivity index (χ0v) is 11.5. The number of sulfone groups is 1. The number of hydrogen-bond acceptors (Lipinski definition) is 5. The first-order valence-electron chi connectivity index (χ1n) is 5.49. The van der Waals surface area contributed by atoms with Crippen LogP contribution in [0, 0.1) is 0 Å². The fraction of sp³-hybridized carbons (Fsp3) is 0.273. The Morgan fingerprint density at radius 1 is 1.26 bits per heavy atom. The molecule has 2 aromatic rings. The molecule has 0 radical (unpaired) electrons. The highest BCUT2D eigenvalue weighted by atomic mass is 35.5. The molecule has 1 N–H and O–H groups in total. The number of halogens is 1.